The summed E-state index contributed by atoms with van der Waals surface area (Å²) in [6, 6.07) is 3.20. The number of nitrogens with zero attached hydrogens (tertiary/aromatic N) is 2. The zero-order valence-electron chi connectivity index (χ0n) is 14.2. The number of hydrogen-bond donors (Lipinski definition) is 1. The van der Waals surface area contributed by atoms with Crippen molar-refractivity contribution >= 4 is 28.5 Å². The number of methoxy groups -OCH3 is 2. The van der Waals surface area contributed by atoms with Crippen LogP contribution in [-0.2, 0) is 16.6 Å². The van der Waals surface area contributed by atoms with Crippen LogP contribution in [0.2, 0.25) is 0 Å². The molecule has 9 nitrogen and oxygen atoms in total. The highest BCUT2D eigenvalue weighted by Crippen LogP contribution is 2.39. The lowest BCUT2D eigenvalue weighted by Gasteiger charge is -2.04. The van der Waals surface area contributed by atoms with Crippen molar-refractivity contribution in [2.45, 2.75) is 6.92 Å². The van der Waals surface area contributed by atoms with Crippen molar-refractivity contribution < 1.29 is 29.1 Å². The third kappa shape index (κ3) is 3.77. The molecule has 9 heteroatoms. The molecule has 134 valence electrons. The number of nitro benzene ring substituents is 1. The van der Waals surface area contributed by atoms with Gasteiger partial charge in [0.25, 0.3) is 0 Å². The topological polar surface area (TPSA) is 121 Å². The third-order valence-corrected chi connectivity index (χ3v) is 3.56. The van der Waals surface area contributed by atoms with E-state index in [0.717, 1.165) is 6.08 Å². The molecule has 1 aromatic heterocycles. The fourth-order valence-electron chi connectivity index (χ4n) is 2.31. The first kappa shape index (κ1) is 19.7. The Hall–Kier alpha value is -3.36. The molecule has 2 aromatic rings. The van der Waals surface area contributed by atoms with Crippen LogP contribution in [0.3, 0.4) is 0 Å². The monoisotopic (exact) mass is 350 g/mol. The number of carboxylic acids is 1. The molecule has 1 heterocycles. The third-order valence-electron chi connectivity index (χ3n) is 3.56. The van der Waals surface area contributed by atoms with E-state index in [1.165, 1.54) is 20.3 Å². The summed E-state index contributed by atoms with van der Waals surface area (Å²) < 4.78 is 11.5. The van der Waals surface area contributed by atoms with Crippen LogP contribution in [0, 0.1) is 17.0 Å². The maximum atomic E-state index is 11.9. The number of ether oxygens (including phenoxy) is 2. The van der Waals surface area contributed by atoms with E-state index in [1.807, 2.05) is 0 Å². The summed E-state index contributed by atoms with van der Waals surface area (Å²) in [4.78, 5) is 32.0. The van der Waals surface area contributed by atoms with Gasteiger partial charge in [0.2, 0.25) is 0 Å². The minimum atomic E-state index is -0.981. The summed E-state index contributed by atoms with van der Waals surface area (Å²) in [6.45, 7) is 4.67. The molecule has 0 amide bonds. The molecule has 0 aliphatic heterocycles. The quantitative estimate of drug-likeness (QED) is 0.389. The summed E-state index contributed by atoms with van der Waals surface area (Å²) in [6.07, 6.45) is 0.833. The average Bonchev–Trinajstić information content (AvgIpc) is 2.84. The van der Waals surface area contributed by atoms with Gasteiger partial charge in [0.05, 0.1) is 35.6 Å². The number of benzene rings is 1. The maximum Gasteiger partial charge on any atom is 0.340 e. The number of nitro groups is 1. The summed E-state index contributed by atoms with van der Waals surface area (Å²) in [7, 11) is 4.33. The van der Waals surface area contributed by atoms with Crippen molar-refractivity contribution in [2.75, 3.05) is 14.2 Å². The molecule has 0 bridgehead atoms. The van der Waals surface area contributed by atoms with Crippen molar-refractivity contribution in [1.82, 2.24) is 4.57 Å². The Morgan fingerprint density at radius 1 is 1.36 bits per heavy atom. The van der Waals surface area contributed by atoms with Crippen LogP contribution in [0.15, 0.2) is 24.8 Å². The summed E-state index contributed by atoms with van der Waals surface area (Å²) in [5, 5.41) is 19.2. The highest BCUT2D eigenvalue weighted by Gasteiger charge is 2.29. The molecule has 0 saturated heterocycles. The van der Waals surface area contributed by atoms with Crippen LogP contribution in [0.25, 0.3) is 10.9 Å². The first-order chi connectivity index (χ1) is 11.7. The molecule has 0 aliphatic carbocycles. The minimum absolute atomic E-state index is 0.109. The molecule has 0 atom stereocenters. The van der Waals surface area contributed by atoms with Gasteiger partial charge in [-0.1, -0.05) is 6.58 Å². The van der Waals surface area contributed by atoms with E-state index in [-0.39, 0.29) is 22.4 Å². The molecule has 2 rings (SSSR count). The molecular formula is C16H18N2O7. The van der Waals surface area contributed by atoms with Crippen molar-refractivity contribution in [2.24, 2.45) is 7.05 Å². The highest BCUT2D eigenvalue weighted by molar-refractivity contribution is 6.10. The SMILES string of the molecule is C=CC(=O)O.COC(=O)c1c(C)n(C)c2ccc(OC)c([N+](=O)[O-])c12. The molecule has 0 spiro atoms. The van der Waals surface area contributed by atoms with E-state index >= 15 is 0 Å². The second-order valence-electron chi connectivity index (χ2n) is 4.82. The second-order valence-corrected chi connectivity index (χ2v) is 4.82. The molecule has 0 aliphatic rings. The Labute approximate surface area is 143 Å². The Morgan fingerprint density at radius 3 is 2.32 bits per heavy atom. The van der Waals surface area contributed by atoms with Gasteiger partial charge in [0.15, 0.2) is 5.75 Å². The number of carboxylic acid groups (broad SMARTS) is 1. The molecule has 0 fully saturated rings. The number of rotatable bonds is 4. The van der Waals surface area contributed by atoms with Gasteiger partial charge in [0.1, 0.15) is 0 Å². The molecule has 1 aromatic carbocycles. The van der Waals surface area contributed by atoms with Gasteiger partial charge in [-0.05, 0) is 19.1 Å². The number of fused-ring (bicyclic) bond motifs is 1. The van der Waals surface area contributed by atoms with Crippen molar-refractivity contribution in [3.05, 3.63) is 46.2 Å². The number of aromatic nitrogens is 1. The van der Waals surface area contributed by atoms with Gasteiger partial charge in [-0.2, -0.15) is 0 Å². The normalized spacial score (nSPS) is 9.76. The maximum absolute atomic E-state index is 11.9. The van der Waals surface area contributed by atoms with Gasteiger partial charge in [0, 0.05) is 18.8 Å². The predicted octanol–water partition coefficient (Wildman–Crippen LogP) is 2.45. The molecular weight excluding hydrogens is 332 g/mol. The Kier molecular flexibility index (Phi) is 6.26. The first-order valence-electron chi connectivity index (χ1n) is 6.95. The number of hydrogen-bond acceptors (Lipinski definition) is 6. The molecule has 1 N–H and O–H groups in total. The van der Waals surface area contributed by atoms with E-state index < -0.39 is 16.9 Å². The number of esters is 1. The van der Waals surface area contributed by atoms with Gasteiger partial charge >= 0.3 is 17.6 Å². The van der Waals surface area contributed by atoms with Crippen molar-refractivity contribution in [3.8, 4) is 5.75 Å². The van der Waals surface area contributed by atoms with Crippen LogP contribution in [-0.4, -0.2) is 40.8 Å². The zero-order chi connectivity index (χ0) is 19.3. The van der Waals surface area contributed by atoms with E-state index in [9.17, 15) is 19.7 Å². The van der Waals surface area contributed by atoms with E-state index in [0.29, 0.717) is 11.2 Å². The highest BCUT2D eigenvalue weighted by atomic mass is 16.6. The lowest BCUT2D eigenvalue weighted by molar-refractivity contribution is -0.384. The summed E-state index contributed by atoms with van der Waals surface area (Å²) >= 11 is 0. The number of aliphatic carboxylic acids is 1. The average molecular weight is 350 g/mol. The van der Waals surface area contributed by atoms with E-state index in [2.05, 4.69) is 6.58 Å². The summed E-state index contributed by atoms with van der Waals surface area (Å²) in [5.74, 6) is -1.48. The number of aryl methyl sites for hydroxylation is 1. The fourth-order valence-corrected chi connectivity index (χ4v) is 2.31. The van der Waals surface area contributed by atoms with Crippen LogP contribution in [0.5, 0.6) is 5.75 Å². The number of carbonyl (C=O) groups is 2. The van der Waals surface area contributed by atoms with Gasteiger partial charge in [-0.25, -0.2) is 9.59 Å². The van der Waals surface area contributed by atoms with Crippen LogP contribution in [0.4, 0.5) is 5.69 Å². The molecule has 0 saturated carbocycles. The first-order valence-corrected chi connectivity index (χ1v) is 6.95. The Balaban J connectivity index is 0.000000550. The van der Waals surface area contributed by atoms with Gasteiger partial charge < -0.3 is 19.1 Å². The van der Waals surface area contributed by atoms with Crippen molar-refractivity contribution in [3.63, 3.8) is 0 Å². The second kappa shape index (κ2) is 7.95. The standard InChI is InChI=1S/C13H14N2O5.C3H4O2/c1-7-10(13(16)20-4)11-8(14(7)2)5-6-9(19-3)12(11)15(17)18;1-2-3(4)5/h5-6H,1-4H3;2H,1H2,(H,4,5). The Morgan fingerprint density at radius 2 is 1.92 bits per heavy atom. The largest absolute Gasteiger partial charge is 0.490 e. The van der Waals surface area contributed by atoms with Crippen LogP contribution < -0.4 is 4.74 Å². The van der Waals surface area contributed by atoms with Crippen molar-refractivity contribution in [1.29, 1.82) is 0 Å². The minimum Gasteiger partial charge on any atom is -0.490 e. The van der Waals surface area contributed by atoms with E-state index in [4.69, 9.17) is 14.6 Å². The molecule has 0 unspecified atom stereocenters. The van der Waals surface area contributed by atoms with E-state index in [1.54, 1.807) is 24.6 Å². The Bertz CT molecular complexity index is 852. The van der Waals surface area contributed by atoms with Gasteiger partial charge in [-0.3, -0.25) is 10.1 Å². The predicted molar refractivity (Wildman–Crippen MR) is 90.0 cm³/mol. The zero-order valence-corrected chi connectivity index (χ0v) is 14.2. The fraction of sp³-hybridized carbons (Fsp3) is 0.250. The summed E-state index contributed by atoms with van der Waals surface area (Å²) in [5.41, 5.74) is 1.14. The number of carbonyl (C=O) groups excluding carboxylic acids is 1. The van der Waals surface area contributed by atoms with Crippen LogP contribution >= 0.6 is 0 Å². The molecule has 0 radical (unpaired) electrons. The molecule has 25 heavy (non-hydrogen) atoms. The van der Waals surface area contributed by atoms with Crippen LogP contribution in [0.1, 0.15) is 16.1 Å². The lowest BCUT2D eigenvalue weighted by Crippen LogP contribution is -2.04. The lowest BCUT2D eigenvalue weighted by atomic mass is 10.1. The van der Waals surface area contributed by atoms with Gasteiger partial charge in [-0.15, -0.1) is 0 Å². The smallest absolute Gasteiger partial charge is 0.340 e.